The summed E-state index contributed by atoms with van der Waals surface area (Å²) in [6.07, 6.45) is 0.453. The number of rotatable bonds is 2. The van der Waals surface area contributed by atoms with Gasteiger partial charge in [-0.15, -0.1) is 0 Å². The lowest BCUT2D eigenvalue weighted by Gasteiger charge is -2.35. The van der Waals surface area contributed by atoms with Crippen molar-refractivity contribution in [2.24, 2.45) is 5.92 Å². The Morgan fingerprint density at radius 1 is 1.19 bits per heavy atom. The first-order chi connectivity index (χ1) is 10.1. The molecule has 1 aromatic carbocycles. The number of carbonyl (C=O) groups excluding carboxylic acids is 2. The van der Waals surface area contributed by atoms with Crippen molar-refractivity contribution in [1.29, 1.82) is 0 Å². The summed E-state index contributed by atoms with van der Waals surface area (Å²) in [4.78, 5) is 36.7. The lowest BCUT2D eigenvalue weighted by atomic mass is 9.92. The molecule has 0 saturated carbocycles. The van der Waals surface area contributed by atoms with Crippen molar-refractivity contribution in [3.63, 3.8) is 0 Å². The SMILES string of the molecule is O=C1CC(C(=O)N2Cc3ccccc3C[C@H]2C(=O)O)CN1. The quantitative estimate of drug-likeness (QED) is 0.811. The second-order valence-electron chi connectivity index (χ2n) is 5.50. The normalized spacial score (nSPS) is 24.4. The van der Waals surface area contributed by atoms with Gasteiger partial charge in [0.25, 0.3) is 0 Å². The second-order valence-corrected chi connectivity index (χ2v) is 5.50. The Morgan fingerprint density at radius 2 is 1.90 bits per heavy atom. The van der Waals surface area contributed by atoms with E-state index in [0.717, 1.165) is 11.1 Å². The van der Waals surface area contributed by atoms with E-state index in [-0.39, 0.29) is 24.8 Å². The molecule has 0 spiro atoms. The van der Waals surface area contributed by atoms with Crippen LogP contribution in [0, 0.1) is 5.92 Å². The minimum absolute atomic E-state index is 0.142. The molecular weight excluding hydrogens is 272 g/mol. The Bertz CT molecular complexity index is 613. The molecule has 2 N–H and O–H groups in total. The lowest BCUT2D eigenvalue weighted by Crippen LogP contribution is -2.50. The maximum atomic E-state index is 12.5. The Balaban J connectivity index is 1.87. The molecule has 110 valence electrons. The predicted octanol–water partition coefficient (Wildman–Crippen LogP) is 0.161. The third-order valence-corrected chi connectivity index (χ3v) is 4.14. The van der Waals surface area contributed by atoms with Gasteiger partial charge in [0, 0.05) is 25.9 Å². The Hall–Kier alpha value is -2.37. The van der Waals surface area contributed by atoms with E-state index >= 15 is 0 Å². The van der Waals surface area contributed by atoms with Gasteiger partial charge in [-0.25, -0.2) is 4.79 Å². The van der Waals surface area contributed by atoms with Crippen LogP contribution in [-0.4, -0.2) is 40.4 Å². The fourth-order valence-electron chi connectivity index (χ4n) is 2.99. The molecule has 0 radical (unpaired) electrons. The number of nitrogens with zero attached hydrogens (tertiary/aromatic N) is 1. The van der Waals surface area contributed by atoms with Crippen molar-refractivity contribution < 1.29 is 19.5 Å². The number of aliphatic carboxylic acids is 1. The van der Waals surface area contributed by atoms with Gasteiger partial charge in [-0.3, -0.25) is 9.59 Å². The summed E-state index contributed by atoms with van der Waals surface area (Å²) >= 11 is 0. The van der Waals surface area contributed by atoms with Gasteiger partial charge in [0.05, 0.1) is 5.92 Å². The number of hydrogen-bond donors (Lipinski definition) is 2. The number of fused-ring (bicyclic) bond motifs is 1. The molecule has 2 amide bonds. The van der Waals surface area contributed by atoms with Crippen LogP contribution in [0.15, 0.2) is 24.3 Å². The molecule has 0 aliphatic carbocycles. The first-order valence-corrected chi connectivity index (χ1v) is 6.93. The molecular formula is C15H16N2O4. The topological polar surface area (TPSA) is 86.7 Å². The smallest absolute Gasteiger partial charge is 0.326 e. The van der Waals surface area contributed by atoms with Crippen LogP contribution in [0.2, 0.25) is 0 Å². The third-order valence-electron chi connectivity index (χ3n) is 4.14. The van der Waals surface area contributed by atoms with E-state index in [2.05, 4.69) is 5.32 Å². The van der Waals surface area contributed by atoms with Gasteiger partial charge < -0.3 is 15.3 Å². The van der Waals surface area contributed by atoms with Crippen LogP contribution in [0.4, 0.5) is 0 Å². The maximum absolute atomic E-state index is 12.5. The summed E-state index contributed by atoms with van der Waals surface area (Å²) < 4.78 is 0. The Labute approximate surface area is 121 Å². The minimum Gasteiger partial charge on any atom is -0.480 e. The Morgan fingerprint density at radius 3 is 2.52 bits per heavy atom. The number of carbonyl (C=O) groups is 3. The van der Waals surface area contributed by atoms with Gasteiger partial charge in [0.2, 0.25) is 11.8 Å². The number of amides is 2. The highest BCUT2D eigenvalue weighted by atomic mass is 16.4. The summed E-state index contributed by atoms with van der Waals surface area (Å²) in [5.41, 5.74) is 1.94. The zero-order valence-corrected chi connectivity index (χ0v) is 11.4. The van der Waals surface area contributed by atoms with E-state index < -0.39 is 17.9 Å². The van der Waals surface area contributed by atoms with Crippen LogP contribution in [0.5, 0.6) is 0 Å². The number of carboxylic acids is 1. The van der Waals surface area contributed by atoms with E-state index in [9.17, 15) is 19.5 Å². The predicted molar refractivity (Wildman–Crippen MR) is 73.2 cm³/mol. The summed E-state index contributed by atoms with van der Waals surface area (Å²) in [7, 11) is 0. The number of nitrogens with one attached hydrogen (secondary N) is 1. The highest BCUT2D eigenvalue weighted by molar-refractivity contribution is 5.91. The van der Waals surface area contributed by atoms with Gasteiger partial charge in [-0.1, -0.05) is 24.3 Å². The monoisotopic (exact) mass is 288 g/mol. The first-order valence-electron chi connectivity index (χ1n) is 6.93. The fourth-order valence-corrected chi connectivity index (χ4v) is 2.99. The van der Waals surface area contributed by atoms with Crippen LogP contribution < -0.4 is 5.32 Å². The molecule has 0 aromatic heterocycles. The highest BCUT2D eigenvalue weighted by Crippen LogP contribution is 2.26. The molecule has 2 atom stereocenters. The average molecular weight is 288 g/mol. The average Bonchev–Trinajstić information content (AvgIpc) is 2.91. The van der Waals surface area contributed by atoms with Crippen molar-refractivity contribution in [1.82, 2.24) is 10.2 Å². The maximum Gasteiger partial charge on any atom is 0.326 e. The van der Waals surface area contributed by atoms with Gasteiger partial charge >= 0.3 is 5.97 Å². The van der Waals surface area contributed by atoms with Crippen molar-refractivity contribution in [2.45, 2.75) is 25.4 Å². The molecule has 1 unspecified atom stereocenters. The summed E-state index contributed by atoms with van der Waals surface area (Å²) in [5, 5.41) is 12.0. The Kier molecular flexibility index (Phi) is 3.37. The van der Waals surface area contributed by atoms with E-state index in [1.807, 2.05) is 24.3 Å². The van der Waals surface area contributed by atoms with Gasteiger partial charge in [-0.05, 0) is 11.1 Å². The molecule has 1 saturated heterocycles. The molecule has 21 heavy (non-hydrogen) atoms. The third kappa shape index (κ3) is 2.49. The molecule has 6 heteroatoms. The molecule has 3 rings (SSSR count). The minimum atomic E-state index is -1.00. The molecule has 6 nitrogen and oxygen atoms in total. The van der Waals surface area contributed by atoms with Crippen LogP contribution in [0.25, 0.3) is 0 Å². The molecule has 1 aromatic rings. The van der Waals surface area contributed by atoms with Crippen molar-refractivity contribution in [3.8, 4) is 0 Å². The number of hydrogen-bond acceptors (Lipinski definition) is 3. The number of carboxylic acid groups (broad SMARTS) is 1. The van der Waals surface area contributed by atoms with Crippen molar-refractivity contribution in [2.75, 3.05) is 6.54 Å². The molecule has 2 aliphatic rings. The van der Waals surface area contributed by atoms with Crippen molar-refractivity contribution >= 4 is 17.8 Å². The molecule has 0 bridgehead atoms. The van der Waals surface area contributed by atoms with Gasteiger partial charge in [0.15, 0.2) is 0 Å². The van der Waals surface area contributed by atoms with Gasteiger partial charge in [0.1, 0.15) is 6.04 Å². The zero-order chi connectivity index (χ0) is 15.0. The largest absolute Gasteiger partial charge is 0.480 e. The van der Waals surface area contributed by atoms with E-state index in [4.69, 9.17) is 0 Å². The number of benzene rings is 1. The van der Waals surface area contributed by atoms with E-state index in [0.29, 0.717) is 13.0 Å². The van der Waals surface area contributed by atoms with Crippen LogP contribution >= 0.6 is 0 Å². The first kappa shape index (κ1) is 13.6. The lowest BCUT2D eigenvalue weighted by molar-refractivity contribution is -0.153. The van der Waals surface area contributed by atoms with Crippen LogP contribution in [0.1, 0.15) is 17.5 Å². The van der Waals surface area contributed by atoms with Gasteiger partial charge in [-0.2, -0.15) is 0 Å². The molecule has 1 fully saturated rings. The summed E-state index contributed by atoms with van der Waals surface area (Å²) in [6.45, 7) is 0.582. The molecule has 2 heterocycles. The standard InChI is InChI=1S/C15H16N2O4/c18-13-6-11(7-16-13)14(19)17-8-10-4-2-1-3-9(10)5-12(17)15(20)21/h1-4,11-12H,5-8H2,(H,16,18)(H,20,21)/t11?,12-/m0/s1. The van der Waals surface area contributed by atoms with Crippen LogP contribution in [0.3, 0.4) is 0 Å². The van der Waals surface area contributed by atoms with Crippen LogP contribution in [-0.2, 0) is 27.3 Å². The second kappa shape index (κ2) is 5.20. The van der Waals surface area contributed by atoms with E-state index in [1.165, 1.54) is 4.90 Å². The molecule has 2 aliphatic heterocycles. The summed E-state index contributed by atoms with van der Waals surface area (Å²) in [5.74, 6) is -1.87. The van der Waals surface area contributed by atoms with Crippen molar-refractivity contribution in [3.05, 3.63) is 35.4 Å². The summed E-state index contributed by atoms with van der Waals surface area (Å²) in [6, 6.07) is 6.69. The highest BCUT2D eigenvalue weighted by Gasteiger charge is 2.39. The fraction of sp³-hybridized carbons (Fsp3) is 0.400. The van der Waals surface area contributed by atoms with E-state index in [1.54, 1.807) is 0 Å². The zero-order valence-electron chi connectivity index (χ0n) is 11.4.